The van der Waals surface area contributed by atoms with Crippen LogP contribution in [-0.2, 0) is 0 Å². The highest BCUT2D eigenvalue weighted by Gasteiger charge is 2.19. The fraction of sp³-hybridized carbons (Fsp3) is 0.188. The van der Waals surface area contributed by atoms with Crippen molar-refractivity contribution in [1.82, 2.24) is 10.2 Å². The zero-order valence-corrected chi connectivity index (χ0v) is 11.5. The van der Waals surface area contributed by atoms with Crippen LogP contribution in [0.15, 0.2) is 42.6 Å². The summed E-state index contributed by atoms with van der Waals surface area (Å²) >= 11 is 0. The summed E-state index contributed by atoms with van der Waals surface area (Å²) in [7, 11) is 0. The zero-order chi connectivity index (χ0) is 14.2. The van der Waals surface area contributed by atoms with E-state index in [0.717, 1.165) is 53.3 Å². The van der Waals surface area contributed by atoms with Crippen molar-refractivity contribution in [1.29, 1.82) is 0 Å². The Hall–Kier alpha value is -2.69. The highest BCUT2D eigenvalue weighted by atomic mass is 16.5. The topological polar surface area (TPSA) is 67.2 Å². The number of H-pyrrole nitrogens is 1. The van der Waals surface area contributed by atoms with E-state index in [1.165, 1.54) is 0 Å². The molecule has 2 heterocycles. The lowest BCUT2D eigenvalue weighted by Gasteiger charge is -2.25. The summed E-state index contributed by atoms with van der Waals surface area (Å²) in [6, 6.07) is 12.1. The third-order valence-corrected chi connectivity index (χ3v) is 3.82. The second-order valence-electron chi connectivity index (χ2n) is 5.19. The van der Waals surface area contributed by atoms with Crippen molar-refractivity contribution in [2.45, 2.75) is 6.42 Å². The maximum absolute atomic E-state index is 6.26. The third-order valence-electron chi connectivity index (χ3n) is 3.82. The molecule has 3 N–H and O–H groups in total. The van der Waals surface area contributed by atoms with E-state index in [-0.39, 0.29) is 0 Å². The Morgan fingerprint density at radius 1 is 1.19 bits per heavy atom. The third kappa shape index (κ3) is 1.98. The highest BCUT2D eigenvalue weighted by Crippen LogP contribution is 2.39. The molecule has 1 aliphatic rings. The van der Waals surface area contributed by atoms with Crippen molar-refractivity contribution in [3.63, 3.8) is 0 Å². The molecule has 5 nitrogen and oxygen atoms in total. The van der Waals surface area contributed by atoms with Crippen molar-refractivity contribution >= 4 is 28.0 Å². The fourth-order valence-electron chi connectivity index (χ4n) is 2.81. The first kappa shape index (κ1) is 12.1. The van der Waals surface area contributed by atoms with Crippen LogP contribution < -0.4 is 15.4 Å². The van der Waals surface area contributed by atoms with Crippen LogP contribution in [0, 0.1) is 0 Å². The summed E-state index contributed by atoms with van der Waals surface area (Å²) < 4.78 is 5.81. The Morgan fingerprint density at radius 2 is 2.10 bits per heavy atom. The Morgan fingerprint density at radius 3 is 3.05 bits per heavy atom. The highest BCUT2D eigenvalue weighted by molar-refractivity contribution is 5.91. The number of nitrogen functional groups attached to an aromatic ring is 1. The van der Waals surface area contributed by atoms with Gasteiger partial charge in [0.1, 0.15) is 5.75 Å². The number of rotatable bonds is 1. The molecule has 0 atom stereocenters. The van der Waals surface area contributed by atoms with Gasteiger partial charge in [-0.25, -0.2) is 0 Å². The number of para-hydroxylation sites is 2. The maximum atomic E-state index is 6.26. The van der Waals surface area contributed by atoms with E-state index in [1.807, 2.05) is 24.3 Å². The van der Waals surface area contributed by atoms with Crippen molar-refractivity contribution in [3.8, 4) is 5.75 Å². The summed E-state index contributed by atoms with van der Waals surface area (Å²) in [6.45, 7) is 1.60. The number of aromatic nitrogens is 2. The van der Waals surface area contributed by atoms with E-state index < -0.39 is 0 Å². The van der Waals surface area contributed by atoms with Crippen molar-refractivity contribution in [2.24, 2.45) is 0 Å². The van der Waals surface area contributed by atoms with Crippen molar-refractivity contribution in [3.05, 3.63) is 42.6 Å². The van der Waals surface area contributed by atoms with Crippen LogP contribution in [0.25, 0.3) is 10.9 Å². The molecule has 0 saturated carbocycles. The molecule has 21 heavy (non-hydrogen) atoms. The number of fused-ring (bicyclic) bond motifs is 2. The first-order valence-corrected chi connectivity index (χ1v) is 7.05. The molecule has 2 aromatic carbocycles. The SMILES string of the molecule is Nc1cc2cn[nH]c2cc1N1CCCOc2ccccc21. The number of anilines is 3. The molecule has 0 unspecified atom stereocenters. The molecule has 0 spiro atoms. The van der Waals surface area contributed by atoms with Gasteiger partial charge in [-0.1, -0.05) is 12.1 Å². The number of nitrogens with one attached hydrogen (secondary N) is 1. The quantitative estimate of drug-likeness (QED) is 0.672. The molecule has 4 rings (SSSR count). The second kappa shape index (κ2) is 4.70. The number of hydrogen-bond acceptors (Lipinski definition) is 4. The van der Waals surface area contributed by atoms with Gasteiger partial charge in [0.2, 0.25) is 0 Å². The lowest BCUT2D eigenvalue weighted by Crippen LogP contribution is -2.18. The number of hydrogen-bond donors (Lipinski definition) is 2. The van der Waals surface area contributed by atoms with E-state index in [1.54, 1.807) is 6.20 Å². The average Bonchev–Trinajstić information content (AvgIpc) is 2.84. The molecule has 1 aliphatic heterocycles. The van der Waals surface area contributed by atoms with Crippen LogP contribution in [0.1, 0.15) is 6.42 Å². The summed E-state index contributed by atoms with van der Waals surface area (Å²) in [5, 5.41) is 8.09. The fourth-order valence-corrected chi connectivity index (χ4v) is 2.81. The predicted octanol–water partition coefficient (Wildman–Crippen LogP) is 3.07. The molecule has 0 saturated heterocycles. The van der Waals surface area contributed by atoms with E-state index in [4.69, 9.17) is 10.5 Å². The van der Waals surface area contributed by atoms with E-state index in [2.05, 4.69) is 27.2 Å². The largest absolute Gasteiger partial charge is 0.491 e. The number of nitrogens with zero attached hydrogens (tertiary/aromatic N) is 2. The molecule has 5 heteroatoms. The zero-order valence-electron chi connectivity index (χ0n) is 11.5. The van der Waals surface area contributed by atoms with Gasteiger partial charge in [-0.05, 0) is 30.7 Å². The van der Waals surface area contributed by atoms with Crippen LogP contribution >= 0.6 is 0 Å². The standard InChI is InChI=1S/C16H16N4O/c17-12-8-11-10-18-19-13(11)9-15(12)20-6-3-7-21-16-5-2-1-4-14(16)20/h1-2,4-5,8-10H,3,6-7,17H2,(H,18,19). The van der Waals surface area contributed by atoms with E-state index in [0.29, 0.717) is 0 Å². The molecule has 0 amide bonds. The van der Waals surface area contributed by atoms with Gasteiger partial charge in [-0.15, -0.1) is 0 Å². The molecule has 0 fully saturated rings. The summed E-state index contributed by atoms with van der Waals surface area (Å²) in [4.78, 5) is 2.22. The van der Waals surface area contributed by atoms with Gasteiger partial charge in [0.05, 0.1) is 35.4 Å². The number of benzene rings is 2. The molecule has 1 aromatic heterocycles. The first-order valence-electron chi connectivity index (χ1n) is 7.05. The van der Waals surface area contributed by atoms with Crippen molar-refractivity contribution in [2.75, 3.05) is 23.8 Å². The normalized spacial score (nSPS) is 14.6. The Balaban J connectivity index is 1.89. The van der Waals surface area contributed by atoms with E-state index in [9.17, 15) is 0 Å². The monoisotopic (exact) mass is 280 g/mol. The van der Waals surface area contributed by atoms with Crippen LogP contribution in [0.5, 0.6) is 5.75 Å². The molecular weight excluding hydrogens is 264 g/mol. The number of nitrogens with two attached hydrogens (primary N) is 1. The molecular formula is C16H16N4O. The van der Waals surface area contributed by atoms with Gasteiger partial charge in [-0.3, -0.25) is 5.10 Å². The van der Waals surface area contributed by atoms with Gasteiger partial charge in [0.15, 0.2) is 0 Å². The van der Waals surface area contributed by atoms with Gasteiger partial charge in [0.25, 0.3) is 0 Å². The van der Waals surface area contributed by atoms with Crippen LogP contribution in [0.2, 0.25) is 0 Å². The van der Waals surface area contributed by atoms with Gasteiger partial charge < -0.3 is 15.4 Å². The number of aromatic amines is 1. The summed E-state index contributed by atoms with van der Waals surface area (Å²) in [5.74, 6) is 0.902. The van der Waals surface area contributed by atoms with Crippen LogP contribution in [0.3, 0.4) is 0 Å². The molecule has 106 valence electrons. The molecule has 0 radical (unpaired) electrons. The van der Waals surface area contributed by atoms with Crippen molar-refractivity contribution < 1.29 is 4.74 Å². The predicted molar refractivity (Wildman–Crippen MR) is 84.1 cm³/mol. The van der Waals surface area contributed by atoms with Gasteiger partial charge >= 0.3 is 0 Å². The minimum atomic E-state index is 0.722. The molecule has 3 aromatic rings. The van der Waals surface area contributed by atoms with Crippen LogP contribution in [0.4, 0.5) is 17.1 Å². The minimum Gasteiger partial charge on any atom is -0.491 e. The Bertz CT molecular complexity index is 796. The van der Waals surface area contributed by atoms with E-state index >= 15 is 0 Å². The smallest absolute Gasteiger partial charge is 0.142 e. The summed E-state index contributed by atoms with van der Waals surface area (Å²) in [6.07, 6.45) is 2.74. The van der Waals surface area contributed by atoms with Gasteiger partial charge in [-0.2, -0.15) is 5.10 Å². The van der Waals surface area contributed by atoms with Crippen LogP contribution in [-0.4, -0.2) is 23.3 Å². The number of ether oxygens (including phenoxy) is 1. The molecule has 0 aliphatic carbocycles. The van der Waals surface area contributed by atoms with Gasteiger partial charge in [0, 0.05) is 11.9 Å². The minimum absolute atomic E-state index is 0.722. The summed E-state index contributed by atoms with van der Waals surface area (Å²) in [5.41, 5.74) is 10.0. The second-order valence-corrected chi connectivity index (χ2v) is 5.19. The Labute approximate surface area is 122 Å². The lowest BCUT2D eigenvalue weighted by atomic mass is 10.1. The molecule has 0 bridgehead atoms. The average molecular weight is 280 g/mol. The lowest BCUT2D eigenvalue weighted by molar-refractivity contribution is 0.322. The maximum Gasteiger partial charge on any atom is 0.142 e. The first-order chi connectivity index (χ1) is 10.3. The Kier molecular flexibility index (Phi) is 2.70.